The van der Waals surface area contributed by atoms with Crippen LogP contribution in [0.2, 0.25) is 5.02 Å². The Kier molecular flexibility index (Phi) is 3.45. The first kappa shape index (κ1) is 12.1. The second kappa shape index (κ2) is 4.85. The van der Waals surface area contributed by atoms with Gasteiger partial charge in [0, 0.05) is 18.3 Å². The number of aromatic nitrogens is 2. The molecule has 5 heteroatoms. The molecule has 0 saturated heterocycles. The van der Waals surface area contributed by atoms with Crippen LogP contribution in [-0.2, 0) is 13.5 Å². The third-order valence-corrected chi connectivity index (χ3v) is 2.93. The van der Waals surface area contributed by atoms with Gasteiger partial charge in [-0.2, -0.15) is 5.10 Å². The van der Waals surface area contributed by atoms with Crippen molar-refractivity contribution in [2.75, 3.05) is 0 Å². The molecule has 1 aromatic heterocycles. The molecule has 2 rings (SSSR count). The monoisotopic (exact) mass is 253 g/mol. The first-order valence-corrected chi connectivity index (χ1v) is 5.63. The van der Waals surface area contributed by atoms with Crippen molar-refractivity contribution in [1.82, 2.24) is 9.78 Å². The zero-order valence-electron chi connectivity index (χ0n) is 9.40. The van der Waals surface area contributed by atoms with Crippen molar-refractivity contribution in [3.63, 3.8) is 0 Å². The molecule has 2 N–H and O–H groups in total. The normalized spacial score (nSPS) is 12.7. The molecule has 0 spiro atoms. The molecule has 0 fully saturated rings. The summed E-state index contributed by atoms with van der Waals surface area (Å²) < 4.78 is 15.3. The van der Waals surface area contributed by atoms with E-state index >= 15 is 0 Å². The average Bonchev–Trinajstić information content (AvgIpc) is 2.68. The van der Waals surface area contributed by atoms with Crippen LogP contribution in [0.25, 0.3) is 0 Å². The molecular formula is C12H13ClFN3. The number of rotatable bonds is 3. The third-order valence-electron chi connectivity index (χ3n) is 2.69. The van der Waals surface area contributed by atoms with E-state index in [0.717, 1.165) is 5.69 Å². The van der Waals surface area contributed by atoms with Gasteiger partial charge in [0.1, 0.15) is 5.82 Å². The van der Waals surface area contributed by atoms with Gasteiger partial charge < -0.3 is 5.73 Å². The smallest absolute Gasteiger partial charge is 0.127 e. The maximum atomic E-state index is 13.6. The van der Waals surface area contributed by atoms with Gasteiger partial charge in [-0.3, -0.25) is 4.68 Å². The highest BCUT2D eigenvalue weighted by molar-refractivity contribution is 6.30. The lowest BCUT2D eigenvalue weighted by Crippen LogP contribution is -2.17. The quantitative estimate of drug-likeness (QED) is 0.913. The Morgan fingerprint density at radius 1 is 1.47 bits per heavy atom. The first-order valence-electron chi connectivity index (χ1n) is 5.25. The van der Waals surface area contributed by atoms with E-state index in [2.05, 4.69) is 5.10 Å². The highest BCUT2D eigenvalue weighted by Crippen LogP contribution is 2.20. The summed E-state index contributed by atoms with van der Waals surface area (Å²) in [4.78, 5) is 0. The van der Waals surface area contributed by atoms with Crippen molar-refractivity contribution in [2.24, 2.45) is 12.8 Å². The molecule has 17 heavy (non-hydrogen) atoms. The average molecular weight is 254 g/mol. The summed E-state index contributed by atoms with van der Waals surface area (Å²) in [6, 6.07) is 6.17. The Morgan fingerprint density at radius 2 is 2.24 bits per heavy atom. The van der Waals surface area contributed by atoms with Gasteiger partial charge in [-0.05, 0) is 30.2 Å². The summed E-state index contributed by atoms with van der Waals surface area (Å²) >= 11 is 5.69. The minimum absolute atomic E-state index is 0.279. The van der Waals surface area contributed by atoms with Gasteiger partial charge in [-0.25, -0.2) is 4.39 Å². The first-order chi connectivity index (χ1) is 8.08. The maximum Gasteiger partial charge on any atom is 0.127 e. The Hall–Kier alpha value is -1.39. The summed E-state index contributed by atoms with van der Waals surface area (Å²) in [6.07, 6.45) is 2.09. The van der Waals surface area contributed by atoms with Gasteiger partial charge >= 0.3 is 0 Å². The number of nitrogens with two attached hydrogens (primary N) is 1. The molecule has 0 radical (unpaired) electrons. The predicted octanol–water partition coefficient (Wildman–Crippen LogP) is 2.46. The fraction of sp³-hybridized carbons (Fsp3) is 0.250. The summed E-state index contributed by atoms with van der Waals surface area (Å²) in [7, 11) is 1.81. The largest absolute Gasteiger partial charge is 0.322 e. The van der Waals surface area contributed by atoms with E-state index in [1.165, 1.54) is 6.07 Å². The zero-order chi connectivity index (χ0) is 12.4. The van der Waals surface area contributed by atoms with Crippen LogP contribution in [0.3, 0.4) is 0 Å². The highest BCUT2D eigenvalue weighted by Gasteiger charge is 2.13. The minimum Gasteiger partial charge on any atom is -0.322 e. The number of hydrogen-bond acceptors (Lipinski definition) is 2. The van der Waals surface area contributed by atoms with Crippen LogP contribution in [0.15, 0.2) is 30.5 Å². The van der Waals surface area contributed by atoms with Crippen LogP contribution in [0.4, 0.5) is 4.39 Å². The van der Waals surface area contributed by atoms with Crippen molar-refractivity contribution < 1.29 is 4.39 Å². The van der Waals surface area contributed by atoms with Crippen molar-refractivity contribution in [2.45, 2.75) is 12.5 Å². The standard InChI is InChI=1S/C12H13ClFN3/c1-17-12(4-5-16-17)11(15)6-8-2-3-9(13)7-10(8)14/h2-5,7,11H,6,15H2,1H3. The van der Waals surface area contributed by atoms with E-state index in [1.54, 1.807) is 23.0 Å². The van der Waals surface area contributed by atoms with Gasteiger partial charge in [-0.1, -0.05) is 17.7 Å². The van der Waals surface area contributed by atoms with E-state index in [4.69, 9.17) is 17.3 Å². The van der Waals surface area contributed by atoms with Crippen molar-refractivity contribution in [3.8, 4) is 0 Å². The number of nitrogens with zero attached hydrogens (tertiary/aromatic N) is 2. The third kappa shape index (κ3) is 2.65. The van der Waals surface area contributed by atoms with E-state index in [-0.39, 0.29) is 11.9 Å². The Labute approximate surface area is 104 Å². The summed E-state index contributed by atoms with van der Waals surface area (Å²) in [5.74, 6) is -0.324. The van der Waals surface area contributed by atoms with Crippen LogP contribution in [0, 0.1) is 5.82 Å². The molecule has 0 aliphatic heterocycles. The van der Waals surface area contributed by atoms with Crippen molar-refractivity contribution in [1.29, 1.82) is 0 Å². The molecule has 3 nitrogen and oxygen atoms in total. The van der Waals surface area contributed by atoms with Crippen molar-refractivity contribution in [3.05, 3.63) is 52.6 Å². The molecule has 1 aromatic carbocycles. The molecule has 1 atom stereocenters. The number of aryl methyl sites for hydroxylation is 1. The van der Waals surface area contributed by atoms with Gasteiger partial charge in [0.25, 0.3) is 0 Å². The molecule has 0 bridgehead atoms. The number of hydrogen-bond donors (Lipinski definition) is 1. The molecule has 0 saturated carbocycles. The van der Waals surface area contributed by atoms with Crippen LogP contribution in [-0.4, -0.2) is 9.78 Å². The number of halogens is 2. The lowest BCUT2D eigenvalue weighted by Gasteiger charge is -2.12. The Bertz CT molecular complexity index is 524. The van der Waals surface area contributed by atoms with Crippen LogP contribution in [0.5, 0.6) is 0 Å². The van der Waals surface area contributed by atoms with Gasteiger partial charge in [0.05, 0.1) is 11.7 Å². The van der Waals surface area contributed by atoms with Crippen LogP contribution >= 0.6 is 11.6 Å². The molecular weight excluding hydrogens is 241 g/mol. The van der Waals surface area contributed by atoms with Gasteiger partial charge in [-0.15, -0.1) is 0 Å². The molecule has 2 aromatic rings. The number of benzene rings is 1. The van der Waals surface area contributed by atoms with Gasteiger partial charge in [0.15, 0.2) is 0 Å². The maximum absolute atomic E-state index is 13.6. The van der Waals surface area contributed by atoms with Gasteiger partial charge in [0.2, 0.25) is 0 Å². The lowest BCUT2D eigenvalue weighted by atomic mass is 10.0. The molecule has 1 unspecified atom stereocenters. The van der Waals surface area contributed by atoms with E-state index < -0.39 is 0 Å². The van der Waals surface area contributed by atoms with E-state index in [9.17, 15) is 4.39 Å². The second-order valence-corrected chi connectivity index (χ2v) is 4.36. The van der Waals surface area contributed by atoms with Crippen LogP contribution < -0.4 is 5.73 Å². The van der Waals surface area contributed by atoms with E-state index in [1.807, 2.05) is 13.1 Å². The summed E-state index contributed by atoms with van der Waals surface area (Å²) in [5.41, 5.74) is 7.45. The zero-order valence-corrected chi connectivity index (χ0v) is 10.2. The minimum atomic E-state index is -0.324. The van der Waals surface area contributed by atoms with E-state index in [0.29, 0.717) is 17.0 Å². The molecule has 0 aliphatic carbocycles. The molecule has 0 aliphatic rings. The lowest BCUT2D eigenvalue weighted by molar-refractivity contribution is 0.574. The fourth-order valence-electron chi connectivity index (χ4n) is 1.78. The predicted molar refractivity (Wildman–Crippen MR) is 65.3 cm³/mol. The van der Waals surface area contributed by atoms with Crippen molar-refractivity contribution >= 4 is 11.6 Å². The summed E-state index contributed by atoms with van der Waals surface area (Å²) in [6.45, 7) is 0. The summed E-state index contributed by atoms with van der Waals surface area (Å²) in [5, 5.41) is 4.43. The highest BCUT2D eigenvalue weighted by atomic mass is 35.5. The fourth-order valence-corrected chi connectivity index (χ4v) is 1.94. The van der Waals surface area contributed by atoms with Crippen LogP contribution in [0.1, 0.15) is 17.3 Å². The molecule has 90 valence electrons. The SMILES string of the molecule is Cn1nccc1C(N)Cc1ccc(Cl)cc1F. The molecule has 0 amide bonds. The second-order valence-electron chi connectivity index (χ2n) is 3.93. The Balaban J connectivity index is 2.19. The Morgan fingerprint density at radius 3 is 2.82 bits per heavy atom. The topological polar surface area (TPSA) is 43.8 Å². The molecule has 1 heterocycles.